The number of rotatable bonds is 7. The highest BCUT2D eigenvalue weighted by Crippen LogP contribution is 2.39. The quantitative estimate of drug-likeness (QED) is 0.622. The minimum atomic E-state index is -1.44. The molecule has 2 aliphatic heterocycles. The van der Waals surface area contributed by atoms with Crippen LogP contribution in [0.2, 0.25) is 0 Å². The van der Waals surface area contributed by atoms with Gasteiger partial charge in [0.1, 0.15) is 11.6 Å². The number of hydrogen-bond donors (Lipinski definition) is 2. The molecule has 1 unspecified atom stereocenters. The zero-order valence-corrected chi connectivity index (χ0v) is 18.3. The van der Waals surface area contributed by atoms with Crippen molar-refractivity contribution in [2.75, 3.05) is 33.4 Å². The van der Waals surface area contributed by atoms with Crippen molar-refractivity contribution in [3.8, 4) is 0 Å². The van der Waals surface area contributed by atoms with Crippen LogP contribution in [0, 0.1) is 5.92 Å². The number of amides is 1. The van der Waals surface area contributed by atoms with E-state index in [1.54, 1.807) is 9.80 Å². The molecule has 1 amide bonds. The fraction of sp³-hybridized carbons (Fsp3) is 0.320. The first-order chi connectivity index (χ1) is 15.9. The van der Waals surface area contributed by atoms with Crippen LogP contribution in [-0.2, 0) is 19.1 Å². The number of carbonyl (C=O) groups excluding carboxylic acids is 2. The first-order valence-corrected chi connectivity index (χ1v) is 10.8. The van der Waals surface area contributed by atoms with Crippen LogP contribution in [0.25, 0.3) is 0 Å². The summed E-state index contributed by atoms with van der Waals surface area (Å²) in [6, 6.07) is 19.1. The highest BCUT2D eigenvalue weighted by molar-refractivity contribution is 6.12. The monoisotopic (exact) mass is 450 g/mol. The van der Waals surface area contributed by atoms with Crippen LogP contribution in [0.4, 0.5) is 0 Å². The number of fused-ring (bicyclic) bond motifs is 1. The summed E-state index contributed by atoms with van der Waals surface area (Å²) in [5, 5.41) is 20.3. The van der Waals surface area contributed by atoms with Crippen LogP contribution < -0.4 is 0 Å². The van der Waals surface area contributed by atoms with Crippen LogP contribution in [0.15, 0.2) is 72.1 Å². The number of ether oxygens (including phenoxy) is 1. The van der Waals surface area contributed by atoms with Crippen LogP contribution in [0.1, 0.15) is 17.0 Å². The van der Waals surface area contributed by atoms with Gasteiger partial charge in [-0.1, -0.05) is 60.7 Å². The number of carbonyl (C=O) groups is 3. The van der Waals surface area contributed by atoms with Gasteiger partial charge in [-0.2, -0.15) is 0 Å². The van der Waals surface area contributed by atoms with E-state index in [9.17, 15) is 24.6 Å². The first-order valence-electron chi connectivity index (χ1n) is 10.8. The summed E-state index contributed by atoms with van der Waals surface area (Å²) in [4.78, 5) is 40.8. The molecule has 2 aromatic rings. The number of ketones is 1. The van der Waals surface area contributed by atoms with Gasteiger partial charge in [-0.05, 0) is 11.1 Å². The van der Waals surface area contributed by atoms with Crippen molar-refractivity contribution >= 4 is 17.7 Å². The summed E-state index contributed by atoms with van der Waals surface area (Å²) in [6.45, 7) is 0.676. The van der Waals surface area contributed by atoms with Gasteiger partial charge in [0.05, 0.1) is 12.6 Å². The van der Waals surface area contributed by atoms with Gasteiger partial charge < -0.3 is 24.7 Å². The molecule has 0 saturated carbocycles. The minimum absolute atomic E-state index is 0.137. The predicted molar refractivity (Wildman–Crippen MR) is 119 cm³/mol. The maximum absolute atomic E-state index is 13.3. The molecule has 0 aliphatic carbocycles. The van der Waals surface area contributed by atoms with Gasteiger partial charge in [0.2, 0.25) is 5.78 Å². The molecule has 172 valence electrons. The molecule has 2 aliphatic rings. The summed E-state index contributed by atoms with van der Waals surface area (Å²) in [5.41, 5.74) is 1.83. The molecule has 1 saturated heterocycles. The normalized spacial score (nSPS) is 20.9. The van der Waals surface area contributed by atoms with Crippen molar-refractivity contribution < 1.29 is 29.3 Å². The second-order valence-corrected chi connectivity index (χ2v) is 8.22. The van der Waals surface area contributed by atoms with E-state index in [0.717, 1.165) is 11.1 Å². The zero-order chi connectivity index (χ0) is 23.5. The van der Waals surface area contributed by atoms with E-state index < -0.39 is 35.4 Å². The summed E-state index contributed by atoms with van der Waals surface area (Å²) < 4.78 is 5.16. The lowest BCUT2D eigenvalue weighted by Gasteiger charge is -2.49. The van der Waals surface area contributed by atoms with Crippen LogP contribution in [0.5, 0.6) is 0 Å². The topological polar surface area (TPSA) is 107 Å². The molecule has 33 heavy (non-hydrogen) atoms. The number of methoxy groups -OCH3 is 1. The second kappa shape index (κ2) is 9.46. The molecular weight excluding hydrogens is 424 g/mol. The average Bonchev–Trinajstić information content (AvgIpc) is 2.83. The van der Waals surface area contributed by atoms with E-state index in [1.165, 1.54) is 7.11 Å². The molecular formula is C25H26N2O6. The third kappa shape index (κ3) is 4.21. The van der Waals surface area contributed by atoms with Gasteiger partial charge in [0.25, 0.3) is 5.91 Å². The molecule has 2 atom stereocenters. The van der Waals surface area contributed by atoms with Crippen LogP contribution in [-0.4, -0.2) is 77.1 Å². The lowest BCUT2D eigenvalue weighted by molar-refractivity contribution is -0.151. The Labute approximate surface area is 191 Å². The number of aliphatic hydroxyl groups is 1. The van der Waals surface area contributed by atoms with E-state index in [2.05, 4.69) is 0 Å². The Kier molecular flexibility index (Phi) is 6.46. The third-order valence-electron chi connectivity index (χ3n) is 6.30. The number of hydrogen-bond acceptors (Lipinski definition) is 6. The molecule has 0 spiro atoms. The van der Waals surface area contributed by atoms with Crippen molar-refractivity contribution in [1.29, 1.82) is 0 Å². The van der Waals surface area contributed by atoms with Crippen molar-refractivity contribution in [2.24, 2.45) is 5.92 Å². The van der Waals surface area contributed by atoms with Crippen molar-refractivity contribution in [3.63, 3.8) is 0 Å². The number of aliphatic hydroxyl groups excluding tert-OH is 1. The fourth-order valence-electron chi connectivity index (χ4n) is 4.70. The highest BCUT2D eigenvalue weighted by atomic mass is 16.5. The lowest BCUT2D eigenvalue weighted by Crippen LogP contribution is -2.61. The SMILES string of the molecule is COCCN1C[C@H](C(c2ccccc2)c2ccccc2)N2CC(C(=O)O)C(=O)C(O)=C2C1=O. The number of piperazine rings is 1. The highest BCUT2D eigenvalue weighted by Gasteiger charge is 2.49. The van der Waals surface area contributed by atoms with Gasteiger partial charge in [-0.25, -0.2) is 0 Å². The Morgan fingerprint density at radius 3 is 2.12 bits per heavy atom. The van der Waals surface area contributed by atoms with Gasteiger partial charge in [0.15, 0.2) is 5.76 Å². The van der Waals surface area contributed by atoms with E-state index >= 15 is 0 Å². The number of allylic oxidation sites excluding steroid dienone is 1. The second-order valence-electron chi connectivity index (χ2n) is 8.22. The lowest BCUT2D eigenvalue weighted by atomic mass is 9.81. The number of carboxylic acids is 1. The minimum Gasteiger partial charge on any atom is -0.503 e. The molecule has 0 radical (unpaired) electrons. The van der Waals surface area contributed by atoms with Gasteiger partial charge in [-0.15, -0.1) is 0 Å². The zero-order valence-electron chi connectivity index (χ0n) is 18.3. The third-order valence-corrected chi connectivity index (χ3v) is 6.30. The van der Waals surface area contributed by atoms with Crippen molar-refractivity contribution in [1.82, 2.24) is 9.80 Å². The molecule has 2 aromatic carbocycles. The number of carboxylic acid groups (broad SMARTS) is 1. The Morgan fingerprint density at radius 1 is 1.03 bits per heavy atom. The Morgan fingerprint density at radius 2 is 1.61 bits per heavy atom. The Balaban J connectivity index is 1.87. The van der Waals surface area contributed by atoms with Crippen molar-refractivity contribution in [2.45, 2.75) is 12.0 Å². The molecule has 8 nitrogen and oxygen atoms in total. The first kappa shape index (κ1) is 22.5. The molecule has 4 rings (SSSR count). The Bertz CT molecular complexity index is 1030. The van der Waals surface area contributed by atoms with Crippen LogP contribution >= 0.6 is 0 Å². The van der Waals surface area contributed by atoms with Crippen molar-refractivity contribution in [3.05, 3.63) is 83.2 Å². The van der Waals surface area contributed by atoms with E-state index in [4.69, 9.17) is 4.74 Å². The number of Topliss-reactive ketones (excluding diaryl/α,β-unsaturated/α-hetero) is 1. The summed E-state index contributed by atoms with van der Waals surface area (Å²) in [6.07, 6.45) is 0. The summed E-state index contributed by atoms with van der Waals surface area (Å²) in [7, 11) is 1.54. The van der Waals surface area contributed by atoms with Gasteiger partial charge in [-0.3, -0.25) is 14.4 Å². The molecule has 0 bridgehead atoms. The van der Waals surface area contributed by atoms with Gasteiger partial charge >= 0.3 is 5.97 Å². The number of aliphatic carboxylic acids is 1. The molecule has 0 aromatic heterocycles. The average molecular weight is 450 g/mol. The largest absolute Gasteiger partial charge is 0.503 e. The molecule has 1 fully saturated rings. The molecule has 8 heteroatoms. The summed E-state index contributed by atoms with van der Waals surface area (Å²) >= 11 is 0. The standard InChI is InChI=1S/C25H26N2O6/c1-33-13-12-26-15-19(20(16-8-4-2-5-9-16)17-10-6-3-7-11-17)27-14-18(25(31)32)22(28)23(29)21(27)24(26)30/h2-11,18-20,29H,12-15H2,1H3,(H,31,32)/t18?,19-/m1/s1. The molecule has 2 heterocycles. The maximum Gasteiger partial charge on any atom is 0.316 e. The fourth-order valence-corrected chi connectivity index (χ4v) is 4.70. The maximum atomic E-state index is 13.3. The number of benzene rings is 2. The van der Waals surface area contributed by atoms with Crippen LogP contribution in [0.3, 0.4) is 0 Å². The van der Waals surface area contributed by atoms with E-state index in [1.807, 2.05) is 60.7 Å². The summed E-state index contributed by atoms with van der Waals surface area (Å²) in [5.74, 6) is -5.23. The van der Waals surface area contributed by atoms with Gasteiger partial charge in [0, 0.05) is 32.7 Å². The van der Waals surface area contributed by atoms with E-state index in [0.29, 0.717) is 6.61 Å². The molecule has 2 N–H and O–H groups in total. The number of nitrogens with zero attached hydrogens (tertiary/aromatic N) is 2. The predicted octanol–water partition coefficient (Wildman–Crippen LogP) is 2.03. The smallest absolute Gasteiger partial charge is 0.316 e. The Hall–Kier alpha value is -3.65. The van der Waals surface area contributed by atoms with E-state index in [-0.39, 0.29) is 31.2 Å².